The molecule has 0 aliphatic rings. The molecule has 1 atom stereocenters. The summed E-state index contributed by atoms with van der Waals surface area (Å²) in [6.45, 7) is 3.23. The van der Waals surface area contributed by atoms with E-state index in [1.807, 2.05) is 54.4 Å². The molecule has 5 nitrogen and oxygen atoms in total. The lowest BCUT2D eigenvalue weighted by atomic mass is 10.1. The summed E-state index contributed by atoms with van der Waals surface area (Å²) in [6, 6.07) is 13.2. The minimum Gasteiger partial charge on any atom is -0.493 e. The average Bonchev–Trinajstić information content (AvgIpc) is 2.61. The van der Waals surface area contributed by atoms with Crippen LogP contribution in [0.3, 0.4) is 0 Å². The number of rotatable bonds is 9. The van der Waals surface area contributed by atoms with Crippen LogP contribution in [0.5, 0.6) is 11.5 Å². The Morgan fingerprint density at radius 3 is 2.42 bits per heavy atom. The highest BCUT2D eigenvalue weighted by atomic mass is 35.5. The monoisotopic (exact) mass is 377 g/mol. The van der Waals surface area contributed by atoms with E-state index in [-0.39, 0.29) is 0 Å². The van der Waals surface area contributed by atoms with Crippen LogP contribution in [0.2, 0.25) is 5.02 Å². The standard InChI is InChI=1S/C20H24ClNO4/c1-14(20(23)24)11-22(2)12-16-6-9-18(19(10-16)25-3)26-13-15-4-7-17(21)8-5-15/h4-10,14H,11-13H2,1-3H3,(H,23,24). The third kappa shape index (κ3) is 5.93. The van der Waals surface area contributed by atoms with E-state index in [0.717, 1.165) is 11.1 Å². The Kier molecular flexibility index (Phi) is 7.30. The van der Waals surface area contributed by atoms with Crippen molar-refractivity contribution in [1.82, 2.24) is 4.90 Å². The van der Waals surface area contributed by atoms with Gasteiger partial charge < -0.3 is 19.5 Å². The lowest BCUT2D eigenvalue weighted by Crippen LogP contribution is -2.28. The lowest BCUT2D eigenvalue weighted by molar-refractivity contribution is -0.141. The van der Waals surface area contributed by atoms with Crippen molar-refractivity contribution in [2.75, 3.05) is 20.7 Å². The molecular formula is C20H24ClNO4. The molecule has 0 radical (unpaired) electrons. The number of ether oxygens (including phenoxy) is 2. The SMILES string of the molecule is COc1cc(CN(C)CC(C)C(=O)O)ccc1OCc1ccc(Cl)cc1. The molecule has 1 N–H and O–H groups in total. The second-order valence-electron chi connectivity index (χ2n) is 6.34. The number of carbonyl (C=O) groups is 1. The van der Waals surface area contributed by atoms with Crippen molar-refractivity contribution in [3.05, 3.63) is 58.6 Å². The molecule has 2 aromatic rings. The molecule has 0 bridgehead atoms. The lowest BCUT2D eigenvalue weighted by Gasteiger charge is -2.20. The fourth-order valence-electron chi connectivity index (χ4n) is 2.59. The number of hydrogen-bond donors (Lipinski definition) is 1. The predicted molar refractivity (Wildman–Crippen MR) is 102 cm³/mol. The summed E-state index contributed by atoms with van der Waals surface area (Å²) in [6.07, 6.45) is 0. The average molecular weight is 378 g/mol. The summed E-state index contributed by atoms with van der Waals surface area (Å²) in [5, 5.41) is 9.70. The number of aliphatic carboxylic acids is 1. The fraction of sp³-hybridized carbons (Fsp3) is 0.350. The molecule has 0 aliphatic carbocycles. The third-order valence-corrected chi connectivity index (χ3v) is 4.25. The van der Waals surface area contributed by atoms with Gasteiger partial charge in [0.1, 0.15) is 6.61 Å². The highest BCUT2D eigenvalue weighted by Crippen LogP contribution is 2.29. The van der Waals surface area contributed by atoms with Crippen LogP contribution < -0.4 is 9.47 Å². The minimum absolute atomic E-state index is 0.413. The van der Waals surface area contributed by atoms with Gasteiger partial charge in [-0.25, -0.2) is 0 Å². The summed E-state index contributed by atoms with van der Waals surface area (Å²) in [5.74, 6) is 0.105. The molecule has 0 amide bonds. The molecule has 0 aliphatic heterocycles. The maximum atomic E-state index is 11.0. The first-order valence-electron chi connectivity index (χ1n) is 8.34. The van der Waals surface area contributed by atoms with Gasteiger partial charge in [-0.2, -0.15) is 0 Å². The number of methoxy groups -OCH3 is 1. The van der Waals surface area contributed by atoms with Gasteiger partial charge in [0.2, 0.25) is 0 Å². The highest BCUT2D eigenvalue weighted by molar-refractivity contribution is 6.30. The van der Waals surface area contributed by atoms with Crippen molar-refractivity contribution in [3.63, 3.8) is 0 Å². The molecule has 140 valence electrons. The van der Waals surface area contributed by atoms with Crippen LogP contribution in [0.1, 0.15) is 18.1 Å². The Bertz CT molecular complexity index is 733. The summed E-state index contributed by atoms with van der Waals surface area (Å²) < 4.78 is 11.3. The van der Waals surface area contributed by atoms with Crippen LogP contribution in [-0.4, -0.2) is 36.7 Å². The van der Waals surface area contributed by atoms with E-state index in [0.29, 0.717) is 36.2 Å². The van der Waals surface area contributed by atoms with Gasteiger partial charge in [-0.05, 0) is 42.4 Å². The smallest absolute Gasteiger partial charge is 0.307 e. The molecule has 1 unspecified atom stereocenters. The van der Waals surface area contributed by atoms with Crippen LogP contribution >= 0.6 is 11.6 Å². The van der Waals surface area contributed by atoms with Gasteiger partial charge in [-0.3, -0.25) is 4.79 Å². The highest BCUT2D eigenvalue weighted by Gasteiger charge is 2.14. The fourth-order valence-corrected chi connectivity index (χ4v) is 2.72. The molecule has 6 heteroatoms. The summed E-state index contributed by atoms with van der Waals surface area (Å²) >= 11 is 5.89. The third-order valence-electron chi connectivity index (χ3n) is 4.00. The molecule has 0 saturated carbocycles. The van der Waals surface area contributed by atoms with E-state index in [4.69, 9.17) is 26.2 Å². The molecule has 0 fully saturated rings. The van der Waals surface area contributed by atoms with Gasteiger partial charge >= 0.3 is 5.97 Å². The Labute approximate surface area is 159 Å². The van der Waals surface area contributed by atoms with Gasteiger partial charge in [-0.1, -0.05) is 36.7 Å². The van der Waals surface area contributed by atoms with Crippen LogP contribution in [0.25, 0.3) is 0 Å². The van der Waals surface area contributed by atoms with Crippen molar-refractivity contribution in [3.8, 4) is 11.5 Å². The molecule has 0 heterocycles. The van der Waals surface area contributed by atoms with Crippen molar-refractivity contribution < 1.29 is 19.4 Å². The van der Waals surface area contributed by atoms with Crippen molar-refractivity contribution in [2.24, 2.45) is 5.92 Å². The summed E-state index contributed by atoms with van der Waals surface area (Å²) in [7, 11) is 3.50. The normalized spacial score (nSPS) is 12.0. The van der Waals surface area contributed by atoms with E-state index in [1.54, 1.807) is 14.0 Å². The van der Waals surface area contributed by atoms with Gasteiger partial charge in [0.25, 0.3) is 0 Å². The summed E-state index contributed by atoms with van der Waals surface area (Å²) in [5.41, 5.74) is 2.05. The van der Waals surface area contributed by atoms with E-state index in [1.165, 1.54) is 0 Å². The molecule has 0 spiro atoms. The van der Waals surface area contributed by atoms with Gasteiger partial charge in [0.05, 0.1) is 13.0 Å². The maximum absolute atomic E-state index is 11.0. The zero-order chi connectivity index (χ0) is 19.1. The Hall–Kier alpha value is -2.24. The van der Waals surface area contributed by atoms with E-state index >= 15 is 0 Å². The second-order valence-corrected chi connectivity index (χ2v) is 6.77. The van der Waals surface area contributed by atoms with Crippen LogP contribution in [0.4, 0.5) is 0 Å². The first kappa shape index (κ1) is 20.1. The van der Waals surface area contributed by atoms with Crippen molar-refractivity contribution in [2.45, 2.75) is 20.1 Å². The van der Waals surface area contributed by atoms with E-state index < -0.39 is 11.9 Å². The molecular weight excluding hydrogens is 354 g/mol. The van der Waals surface area contributed by atoms with Crippen molar-refractivity contribution >= 4 is 17.6 Å². The quantitative estimate of drug-likeness (QED) is 0.713. The molecule has 0 aromatic heterocycles. The van der Waals surface area contributed by atoms with Gasteiger partial charge in [-0.15, -0.1) is 0 Å². The first-order valence-corrected chi connectivity index (χ1v) is 8.72. The number of benzene rings is 2. The molecule has 2 aromatic carbocycles. The van der Waals surface area contributed by atoms with Gasteiger partial charge in [0.15, 0.2) is 11.5 Å². The van der Waals surface area contributed by atoms with Crippen molar-refractivity contribution in [1.29, 1.82) is 0 Å². The molecule has 0 saturated heterocycles. The number of halogens is 1. The van der Waals surface area contributed by atoms with Crippen LogP contribution in [-0.2, 0) is 17.9 Å². The minimum atomic E-state index is -0.791. The van der Waals surface area contributed by atoms with E-state index in [2.05, 4.69) is 0 Å². The number of hydrogen-bond acceptors (Lipinski definition) is 4. The molecule has 26 heavy (non-hydrogen) atoms. The Morgan fingerprint density at radius 2 is 1.81 bits per heavy atom. The zero-order valence-corrected chi connectivity index (χ0v) is 16.0. The largest absolute Gasteiger partial charge is 0.493 e. The topological polar surface area (TPSA) is 59.0 Å². The number of carboxylic acid groups (broad SMARTS) is 1. The van der Waals surface area contributed by atoms with Crippen LogP contribution in [0, 0.1) is 5.92 Å². The molecule has 2 rings (SSSR count). The summed E-state index contributed by atoms with van der Waals surface area (Å²) in [4.78, 5) is 12.9. The number of carboxylic acids is 1. The zero-order valence-electron chi connectivity index (χ0n) is 15.2. The first-order chi connectivity index (χ1) is 12.4. The van der Waals surface area contributed by atoms with Gasteiger partial charge in [0, 0.05) is 18.1 Å². The van der Waals surface area contributed by atoms with Crippen LogP contribution in [0.15, 0.2) is 42.5 Å². The van der Waals surface area contributed by atoms with E-state index in [9.17, 15) is 4.79 Å². The Morgan fingerprint density at radius 1 is 1.15 bits per heavy atom. The predicted octanol–water partition coefficient (Wildman–Crippen LogP) is 4.08. The number of nitrogens with zero attached hydrogens (tertiary/aromatic N) is 1. The Balaban J connectivity index is 1.99. The maximum Gasteiger partial charge on any atom is 0.307 e. The second kappa shape index (κ2) is 9.46.